The third-order valence-electron chi connectivity index (χ3n) is 3.61. The molecule has 2 N–H and O–H groups in total. The van der Waals surface area contributed by atoms with E-state index in [1.54, 1.807) is 11.1 Å². The zero-order valence-electron chi connectivity index (χ0n) is 11.8. The van der Waals surface area contributed by atoms with E-state index in [0.29, 0.717) is 18.8 Å². The Morgan fingerprint density at radius 1 is 1.27 bits per heavy atom. The number of para-hydroxylation sites is 2. The first-order valence-electron chi connectivity index (χ1n) is 6.89. The lowest BCUT2D eigenvalue weighted by molar-refractivity contribution is -0.128. The Labute approximate surface area is 128 Å². The number of sulfonamides is 1. The zero-order valence-corrected chi connectivity index (χ0v) is 12.7. The summed E-state index contributed by atoms with van der Waals surface area (Å²) in [5.41, 5.74) is 2.25. The molecule has 1 saturated heterocycles. The van der Waals surface area contributed by atoms with Gasteiger partial charge < -0.3 is 4.90 Å². The summed E-state index contributed by atoms with van der Waals surface area (Å²) in [7, 11) is -3.56. The Kier molecular flexibility index (Phi) is 3.79. The van der Waals surface area contributed by atoms with Gasteiger partial charge in [-0.25, -0.2) is 18.5 Å². The van der Waals surface area contributed by atoms with Gasteiger partial charge in [0.25, 0.3) is 0 Å². The first-order valence-corrected chi connectivity index (χ1v) is 8.61. The molecule has 0 saturated carbocycles. The predicted octanol–water partition coefficient (Wildman–Crippen LogP) is 0.267. The number of primary sulfonamides is 1. The molecule has 0 aliphatic carbocycles. The van der Waals surface area contributed by atoms with Gasteiger partial charge in [0, 0.05) is 18.9 Å². The van der Waals surface area contributed by atoms with E-state index in [4.69, 9.17) is 5.14 Å². The number of nitrogens with two attached hydrogens (primary N) is 1. The second-order valence-corrected chi connectivity index (χ2v) is 7.18. The molecule has 0 bridgehead atoms. The number of rotatable bonds is 4. The highest BCUT2D eigenvalue weighted by atomic mass is 32.2. The third-order valence-corrected chi connectivity index (χ3v) is 4.55. The van der Waals surface area contributed by atoms with Crippen LogP contribution in [0.3, 0.4) is 0 Å². The number of benzene rings is 1. The third kappa shape index (κ3) is 3.40. The monoisotopic (exact) mass is 320 g/mol. The molecule has 2 aromatic rings. The topological polar surface area (TPSA) is 106 Å². The molecule has 1 aromatic carbocycles. The molecule has 2 heterocycles. The molecular formula is C14H16N4O3S. The van der Waals surface area contributed by atoms with Crippen LogP contribution in [0.2, 0.25) is 0 Å². The molecule has 22 heavy (non-hydrogen) atoms. The predicted molar refractivity (Wildman–Crippen MR) is 81.0 cm³/mol. The first-order chi connectivity index (χ1) is 10.4. The average molecular weight is 320 g/mol. The van der Waals surface area contributed by atoms with Crippen LogP contribution in [0, 0.1) is 5.92 Å². The van der Waals surface area contributed by atoms with Gasteiger partial charge >= 0.3 is 0 Å². The lowest BCUT2D eigenvalue weighted by atomic mass is 10.1. The summed E-state index contributed by atoms with van der Waals surface area (Å²) < 4.78 is 22.3. The Morgan fingerprint density at radius 2 is 2.00 bits per heavy atom. The second-order valence-electron chi connectivity index (χ2n) is 5.52. The van der Waals surface area contributed by atoms with Crippen molar-refractivity contribution in [2.75, 3.05) is 12.3 Å². The van der Waals surface area contributed by atoms with Crippen molar-refractivity contribution in [2.24, 2.45) is 11.1 Å². The van der Waals surface area contributed by atoms with Gasteiger partial charge in [-0.3, -0.25) is 9.78 Å². The summed E-state index contributed by atoms with van der Waals surface area (Å²) in [6, 6.07) is 7.50. The summed E-state index contributed by atoms with van der Waals surface area (Å²) in [6.07, 6.45) is 1.85. The summed E-state index contributed by atoms with van der Waals surface area (Å²) in [5, 5.41) is 5.04. The van der Waals surface area contributed by atoms with E-state index in [1.165, 1.54) is 0 Å². The van der Waals surface area contributed by atoms with E-state index in [1.807, 2.05) is 24.3 Å². The molecular weight excluding hydrogens is 304 g/mol. The van der Waals surface area contributed by atoms with Gasteiger partial charge in [-0.15, -0.1) is 0 Å². The minimum Gasteiger partial charge on any atom is -0.336 e. The van der Waals surface area contributed by atoms with Crippen molar-refractivity contribution in [3.8, 4) is 0 Å². The van der Waals surface area contributed by atoms with Crippen LogP contribution in [0.25, 0.3) is 11.0 Å². The lowest BCUT2D eigenvalue weighted by Gasteiger charge is -2.16. The highest BCUT2D eigenvalue weighted by molar-refractivity contribution is 7.89. The number of nitrogens with zero attached hydrogens (tertiary/aromatic N) is 3. The van der Waals surface area contributed by atoms with E-state index in [9.17, 15) is 13.2 Å². The standard InChI is InChI=1S/C14H16N4O3S/c15-22(20,21)9-10-5-14(19)18(7-10)8-11-6-16-12-3-1-2-4-13(12)17-11/h1-4,6,10H,5,7-9H2,(H2,15,20,21). The second kappa shape index (κ2) is 5.62. The molecule has 1 unspecified atom stereocenters. The zero-order chi connectivity index (χ0) is 15.7. The lowest BCUT2D eigenvalue weighted by Crippen LogP contribution is -2.27. The highest BCUT2D eigenvalue weighted by Crippen LogP contribution is 2.21. The number of likely N-dealkylation sites (tertiary alicyclic amines) is 1. The molecule has 1 atom stereocenters. The molecule has 0 spiro atoms. The fourth-order valence-electron chi connectivity index (χ4n) is 2.71. The molecule has 1 amide bonds. The fourth-order valence-corrected chi connectivity index (χ4v) is 3.59. The number of carbonyl (C=O) groups excluding carboxylic acids is 1. The van der Waals surface area contributed by atoms with Gasteiger partial charge in [0.15, 0.2) is 0 Å². The molecule has 1 aromatic heterocycles. The van der Waals surface area contributed by atoms with Crippen molar-refractivity contribution in [3.05, 3.63) is 36.2 Å². The number of amides is 1. The van der Waals surface area contributed by atoms with Gasteiger partial charge in [0.05, 0.1) is 35.2 Å². The van der Waals surface area contributed by atoms with Crippen molar-refractivity contribution < 1.29 is 13.2 Å². The van der Waals surface area contributed by atoms with Gasteiger partial charge in [-0.05, 0) is 12.1 Å². The van der Waals surface area contributed by atoms with Crippen molar-refractivity contribution in [1.29, 1.82) is 0 Å². The smallest absolute Gasteiger partial charge is 0.223 e. The SMILES string of the molecule is NS(=O)(=O)CC1CC(=O)N(Cc2cnc3ccccc3n2)C1. The Hall–Kier alpha value is -2.06. The quantitative estimate of drug-likeness (QED) is 0.870. The molecule has 8 heteroatoms. The van der Waals surface area contributed by atoms with Crippen LogP contribution in [0.4, 0.5) is 0 Å². The van der Waals surface area contributed by atoms with Crippen LogP contribution in [-0.4, -0.2) is 41.5 Å². The number of fused-ring (bicyclic) bond motifs is 1. The van der Waals surface area contributed by atoms with E-state index < -0.39 is 10.0 Å². The Morgan fingerprint density at radius 3 is 2.73 bits per heavy atom. The molecule has 116 valence electrons. The van der Waals surface area contributed by atoms with Crippen molar-refractivity contribution >= 4 is 27.0 Å². The maximum atomic E-state index is 12.0. The summed E-state index contributed by atoms with van der Waals surface area (Å²) >= 11 is 0. The number of aromatic nitrogens is 2. The summed E-state index contributed by atoms with van der Waals surface area (Å²) in [6.45, 7) is 0.710. The van der Waals surface area contributed by atoms with E-state index in [-0.39, 0.29) is 24.0 Å². The van der Waals surface area contributed by atoms with Crippen LogP contribution in [-0.2, 0) is 21.4 Å². The fraction of sp³-hybridized carbons (Fsp3) is 0.357. The van der Waals surface area contributed by atoms with Gasteiger partial charge in [0.2, 0.25) is 15.9 Å². The van der Waals surface area contributed by atoms with Gasteiger partial charge in [-0.2, -0.15) is 0 Å². The maximum Gasteiger partial charge on any atom is 0.223 e. The van der Waals surface area contributed by atoms with Crippen LogP contribution in [0.5, 0.6) is 0 Å². The van der Waals surface area contributed by atoms with Gasteiger partial charge in [-0.1, -0.05) is 12.1 Å². The first kappa shape index (κ1) is 14.9. The largest absolute Gasteiger partial charge is 0.336 e. The van der Waals surface area contributed by atoms with E-state index in [2.05, 4.69) is 9.97 Å². The van der Waals surface area contributed by atoms with E-state index in [0.717, 1.165) is 11.0 Å². The average Bonchev–Trinajstić information content (AvgIpc) is 2.76. The number of carbonyl (C=O) groups is 1. The van der Waals surface area contributed by atoms with Crippen molar-refractivity contribution in [1.82, 2.24) is 14.9 Å². The minimum atomic E-state index is -3.56. The molecule has 1 fully saturated rings. The Balaban J connectivity index is 1.73. The van der Waals surface area contributed by atoms with Crippen molar-refractivity contribution in [2.45, 2.75) is 13.0 Å². The molecule has 7 nitrogen and oxygen atoms in total. The molecule has 3 rings (SSSR count). The number of hydrogen-bond acceptors (Lipinski definition) is 5. The van der Waals surface area contributed by atoms with E-state index >= 15 is 0 Å². The normalized spacial score (nSPS) is 19.0. The van der Waals surface area contributed by atoms with Gasteiger partial charge in [0.1, 0.15) is 0 Å². The molecule has 1 aliphatic rings. The summed E-state index contributed by atoms with van der Waals surface area (Å²) in [5.74, 6) is -0.502. The number of hydrogen-bond donors (Lipinski definition) is 1. The highest BCUT2D eigenvalue weighted by Gasteiger charge is 2.32. The van der Waals surface area contributed by atoms with Crippen LogP contribution < -0.4 is 5.14 Å². The van der Waals surface area contributed by atoms with Crippen molar-refractivity contribution in [3.63, 3.8) is 0 Å². The van der Waals surface area contributed by atoms with Crippen LogP contribution in [0.1, 0.15) is 12.1 Å². The van der Waals surface area contributed by atoms with Crippen LogP contribution in [0.15, 0.2) is 30.5 Å². The van der Waals surface area contributed by atoms with Crippen LogP contribution >= 0.6 is 0 Å². The molecule has 1 aliphatic heterocycles. The summed E-state index contributed by atoms with van der Waals surface area (Å²) in [4.78, 5) is 22.4. The maximum absolute atomic E-state index is 12.0. The molecule has 0 radical (unpaired) electrons. The minimum absolute atomic E-state index is 0.0800. The Bertz CT molecular complexity index is 822.